The fourth-order valence-electron chi connectivity index (χ4n) is 2.71. The topological polar surface area (TPSA) is 55.8 Å². The number of ether oxygens (including phenoxy) is 2. The SMILES string of the molecule is CCOC(=O)C(C(=O)OCC)C(CC)CN1CCCC1. The molecule has 0 aromatic rings. The number of rotatable bonds is 8. The maximum Gasteiger partial charge on any atom is 0.320 e. The number of carbonyl (C=O) groups is 2. The van der Waals surface area contributed by atoms with E-state index in [2.05, 4.69) is 4.90 Å². The van der Waals surface area contributed by atoms with E-state index in [1.165, 1.54) is 12.8 Å². The summed E-state index contributed by atoms with van der Waals surface area (Å²) in [6, 6.07) is 0. The van der Waals surface area contributed by atoms with Gasteiger partial charge < -0.3 is 14.4 Å². The molecule has 0 N–H and O–H groups in total. The van der Waals surface area contributed by atoms with Crippen LogP contribution in [0.15, 0.2) is 0 Å². The lowest BCUT2D eigenvalue weighted by molar-refractivity contribution is -0.164. The van der Waals surface area contributed by atoms with Crippen LogP contribution in [0.4, 0.5) is 0 Å². The molecule has 0 amide bonds. The summed E-state index contributed by atoms with van der Waals surface area (Å²) >= 11 is 0. The van der Waals surface area contributed by atoms with Crippen LogP contribution in [0.5, 0.6) is 0 Å². The Hall–Kier alpha value is -1.10. The van der Waals surface area contributed by atoms with E-state index in [1.54, 1.807) is 13.8 Å². The molecule has 1 atom stereocenters. The Balaban J connectivity index is 2.75. The summed E-state index contributed by atoms with van der Waals surface area (Å²) in [5, 5.41) is 0. The molecule has 5 heteroatoms. The minimum atomic E-state index is -0.791. The van der Waals surface area contributed by atoms with Crippen molar-refractivity contribution in [3.05, 3.63) is 0 Å². The van der Waals surface area contributed by atoms with E-state index in [4.69, 9.17) is 9.47 Å². The highest BCUT2D eigenvalue weighted by molar-refractivity contribution is 5.95. The Labute approximate surface area is 121 Å². The quantitative estimate of drug-likeness (QED) is 0.503. The first-order chi connectivity index (χ1) is 9.63. The molecular formula is C15H27NO4. The highest BCUT2D eigenvalue weighted by atomic mass is 16.6. The van der Waals surface area contributed by atoms with Gasteiger partial charge in [0.1, 0.15) is 0 Å². The summed E-state index contributed by atoms with van der Waals surface area (Å²) in [7, 11) is 0. The predicted octanol–water partition coefficient (Wildman–Crippen LogP) is 1.85. The van der Waals surface area contributed by atoms with Gasteiger partial charge in [-0.2, -0.15) is 0 Å². The monoisotopic (exact) mass is 285 g/mol. The molecule has 0 aromatic heterocycles. The second-order valence-electron chi connectivity index (χ2n) is 5.16. The van der Waals surface area contributed by atoms with Crippen LogP contribution in [0.3, 0.4) is 0 Å². The molecule has 0 radical (unpaired) electrons. The third kappa shape index (κ3) is 4.78. The smallest absolute Gasteiger partial charge is 0.320 e. The number of nitrogens with zero attached hydrogens (tertiary/aromatic N) is 1. The van der Waals surface area contributed by atoms with Gasteiger partial charge in [-0.3, -0.25) is 9.59 Å². The van der Waals surface area contributed by atoms with E-state index in [0.717, 1.165) is 26.1 Å². The van der Waals surface area contributed by atoms with Crippen molar-refractivity contribution >= 4 is 11.9 Å². The second-order valence-corrected chi connectivity index (χ2v) is 5.16. The molecule has 1 fully saturated rings. The molecule has 1 rings (SSSR count). The van der Waals surface area contributed by atoms with Gasteiger partial charge >= 0.3 is 11.9 Å². The average molecular weight is 285 g/mol. The first kappa shape index (κ1) is 17.0. The van der Waals surface area contributed by atoms with Crippen molar-refractivity contribution in [2.24, 2.45) is 11.8 Å². The fourth-order valence-corrected chi connectivity index (χ4v) is 2.71. The van der Waals surface area contributed by atoms with E-state index in [-0.39, 0.29) is 19.1 Å². The van der Waals surface area contributed by atoms with Crippen LogP contribution in [0.25, 0.3) is 0 Å². The summed E-state index contributed by atoms with van der Waals surface area (Å²) < 4.78 is 10.1. The molecule has 1 aliphatic heterocycles. The minimum Gasteiger partial charge on any atom is -0.465 e. The van der Waals surface area contributed by atoms with Crippen LogP contribution in [-0.2, 0) is 19.1 Å². The lowest BCUT2D eigenvalue weighted by Gasteiger charge is -2.27. The highest BCUT2D eigenvalue weighted by Crippen LogP contribution is 2.23. The first-order valence-electron chi connectivity index (χ1n) is 7.69. The molecule has 0 saturated carbocycles. The van der Waals surface area contributed by atoms with Gasteiger partial charge in [-0.25, -0.2) is 0 Å². The largest absolute Gasteiger partial charge is 0.465 e. The zero-order chi connectivity index (χ0) is 15.0. The lowest BCUT2D eigenvalue weighted by atomic mass is 9.89. The Kier molecular flexibility index (Phi) is 7.59. The molecule has 1 aliphatic rings. The molecule has 0 bridgehead atoms. The summed E-state index contributed by atoms with van der Waals surface area (Å²) in [6.07, 6.45) is 3.15. The van der Waals surface area contributed by atoms with Crippen LogP contribution >= 0.6 is 0 Å². The third-order valence-corrected chi connectivity index (χ3v) is 3.77. The van der Waals surface area contributed by atoms with E-state index < -0.39 is 17.9 Å². The van der Waals surface area contributed by atoms with Gasteiger partial charge in [-0.1, -0.05) is 13.3 Å². The van der Waals surface area contributed by atoms with Gasteiger partial charge in [-0.05, 0) is 45.7 Å². The van der Waals surface area contributed by atoms with Crippen molar-refractivity contribution in [3.63, 3.8) is 0 Å². The van der Waals surface area contributed by atoms with Gasteiger partial charge in [0, 0.05) is 6.54 Å². The standard InChI is InChI=1S/C15H27NO4/c1-4-12(11-16-9-7-8-10-16)13(14(17)19-5-2)15(18)20-6-3/h12-13H,4-11H2,1-3H3. The van der Waals surface area contributed by atoms with Crippen molar-refractivity contribution in [1.82, 2.24) is 4.90 Å². The summed E-state index contributed by atoms with van der Waals surface area (Å²) in [5.41, 5.74) is 0. The van der Waals surface area contributed by atoms with Crippen molar-refractivity contribution in [3.8, 4) is 0 Å². The van der Waals surface area contributed by atoms with E-state index in [1.807, 2.05) is 6.92 Å². The van der Waals surface area contributed by atoms with Crippen LogP contribution < -0.4 is 0 Å². The molecule has 0 aliphatic carbocycles. The summed E-state index contributed by atoms with van der Waals surface area (Å²) in [6.45, 7) is 8.95. The van der Waals surface area contributed by atoms with Gasteiger partial charge in [0.2, 0.25) is 0 Å². The Bertz CT molecular complexity index is 295. The van der Waals surface area contributed by atoms with Crippen LogP contribution in [0.2, 0.25) is 0 Å². The second kappa shape index (κ2) is 8.95. The zero-order valence-corrected chi connectivity index (χ0v) is 12.9. The maximum absolute atomic E-state index is 12.1. The molecular weight excluding hydrogens is 258 g/mol. The molecule has 5 nitrogen and oxygen atoms in total. The average Bonchev–Trinajstić information content (AvgIpc) is 2.91. The van der Waals surface area contributed by atoms with Gasteiger partial charge in [0.25, 0.3) is 0 Å². The Morgan fingerprint density at radius 2 is 1.50 bits per heavy atom. The van der Waals surface area contributed by atoms with Gasteiger partial charge in [0.05, 0.1) is 13.2 Å². The third-order valence-electron chi connectivity index (χ3n) is 3.77. The normalized spacial score (nSPS) is 17.2. The molecule has 1 saturated heterocycles. The lowest BCUT2D eigenvalue weighted by Crippen LogP contribution is -2.40. The van der Waals surface area contributed by atoms with Crippen molar-refractivity contribution in [2.75, 3.05) is 32.8 Å². The number of esters is 2. The Morgan fingerprint density at radius 1 is 1.00 bits per heavy atom. The van der Waals surface area contributed by atoms with Crippen molar-refractivity contribution in [2.45, 2.75) is 40.0 Å². The molecule has 20 heavy (non-hydrogen) atoms. The van der Waals surface area contributed by atoms with Crippen LogP contribution in [0, 0.1) is 11.8 Å². The van der Waals surface area contributed by atoms with Crippen molar-refractivity contribution < 1.29 is 19.1 Å². The molecule has 116 valence electrons. The van der Waals surface area contributed by atoms with Crippen LogP contribution in [0.1, 0.15) is 40.0 Å². The Morgan fingerprint density at radius 3 is 1.90 bits per heavy atom. The molecule has 0 spiro atoms. The molecule has 1 unspecified atom stereocenters. The van der Waals surface area contributed by atoms with Crippen LogP contribution in [-0.4, -0.2) is 49.7 Å². The van der Waals surface area contributed by atoms with E-state index in [9.17, 15) is 9.59 Å². The minimum absolute atomic E-state index is 0.0359. The first-order valence-corrected chi connectivity index (χ1v) is 7.69. The highest BCUT2D eigenvalue weighted by Gasteiger charge is 2.37. The summed E-state index contributed by atoms with van der Waals surface area (Å²) in [4.78, 5) is 26.5. The van der Waals surface area contributed by atoms with Gasteiger partial charge in [0.15, 0.2) is 5.92 Å². The number of hydrogen-bond acceptors (Lipinski definition) is 5. The van der Waals surface area contributed by atoms with Crippen molar-refractivity contribution in [1.29, 1.82) is 0 Å². The predicted molar refractivity (Wildman–Crippen MR) is 76.2 cm³/mol. The maximum atomic E-state index is 12.1. The number of hydrogen-bond donors (Lipinski definition) is 0. The number of carbonyl (C=O) groups excluding carboxylic acids is 2. The van der Waals surface area contributed by atoms with E-state index >= 15 is 0 Å². The molecule has 1 heterocycles. The zero-order valence-electron chi connectivity index (χ0n) is 12.9. The van der Waals surface area contributed by atoms with E-state index in [0.29, 0.717) is 0 Å². The summed E-state index contributed by atoms with van der Waals surface area (Å²) in [5.74, 6) is -1.72. The fraction of sp³-hybridized carbons (Fsp3) is 0.867. The molecule has 0 aromatic carbocycles. The number of likely N-dealkylation sites (tertiary alicyclic amines) is 1. The van der Waals surface area contributed by atoms with Gasteiger partial charge in [-0.15, -0.1) is 0 Å².